The first kappa shape index (κ1) is 12.2. The molecule has 0 nitrogen and oxygen atoms in total. The van der Waals surface area contributed by atoms with Gasteiger partial charge in [-0.15, -0.1) is 22.9 Å². The molecule has 2 rings (SSSR count). The van der Waals surface area contributed by atoms with Gasteiger partial charge in [-0.05, 0) is 24.3 Å². The smallest absolute Gasteiger partial charge is 0.129 e. The zero-order chi connectivity index (χ0) is 11.7. The van der Waals surface area contributed by atoms with Gasteiger partial charge in [0.1, 0.15) is 5.82 Å². The molecule has 1 heterocycles. The summed E-state index contributed by atoms with van der Waals surface area (Å²) in [5.74, 6) is -0.406. The lowest BCUT2D eigenvalue weighted by atomic mass is 10.1. The number of hydrogen-bond acceptors (Lipinski definition) is 1. The second kappa shape index (κ2) is 4.92. The molecule has 0 N–H and O–H groups in total. The maximum absolute atomic E-state index is 13.6. The molecular formula is C11H6Cl3FS. The van der Waals surface area contributed by atoms with E-state index >= 15 is 0 Å². The van der Waals surface area contributed by atoms with Crippen molar-refractivity contribution in [2.24, 2.45) is 0 Å². The van der Waals surface area contributed by atoms with Crippen molar-refractivity contribution in [2.45, 2.75) is 5.38 Å². The SMILES string of the molecule is Fc1cc(Cl)ccc1C(Cl)c1ccc(Cl)s1. The Morgan fingerprint density at radius 2 is 1.88 bits per heavy atom. The van der Waals surface area contributed by atoms with Gasteiger partial charge in [0.25, 0.3) is 0 Å². The Morgan fingerprint density at radius 1 is 1.12 bits per heavy atom. The van der Waals surface area contributed by atoms with E-state index in [1.165, 1.54) is 17.4 Å². The maximum atomic E-state index is 13.6. The van der Waals surface area contributed by atoms with E-state index in [0.29, 0.717) is 14.9 Å². The van der Waals surface area contributed by atoms with Crippen LogP contribution < -0.4 is 0 Å². The number of rotatable bonds is 2. The minimum atomic E-state index is -0.533. The molecule has 16 heavy (non-hydrogen) atoms. The summed E-state index contributed by atoms with van der Waals surface area (Å²) in [6.07, 6.45) is 0. The van der Waals surface area contributed by atoms with Gasteiger partial charge in [-0.2, -0.15) is 0 Å². The van der Waals surface area contributed by atoms with Crippen LogP contribution in [0, 0.1) is 5.82 Å². The van der Waals surface area contributed by atoms with Crippen molar-refractivity contribution in [3.8, 4) is 0 Å². The fraction of sp³-hybridized carbons (Fsp3) is 0.0909. The highest BCUT2D eigenvalue weighted by Gasteiger charge is 2.17. The van der Waals surface area contributed by atoms with Crippen molar-refractivity contribution in [2.75, 3.05) is 0 Å². The number of hydrogen-bond donors (Lipinski definition) is 0. The molecule has 0 amide bonds. The van der Waals surface area contributed by atoms with Crippen molar-refractivity contribution >= 4 is 46.1 Å². The molecule has 0 saturated carbocycles. The number of thiophene rings is 1. The number of halogens is 4. The normalized spacial score (nSPS) is 12.8. The lowest BCUT2D eigenvalue weighted by Gasteiger charge is -2.08. The third-order valence-electron chi connectivity index (χ3n) is 2.08. The van der Waals surface area contributed by atoms with Crippen LogP contribution in [0.2, 0.25) is 9.36 Å². The second-order valence-electron chi connectivity index (χ2n) is 3.17. The minimum absolute atomic E-state index is 0.356. The summed E-state index contributed by atoms with van der Waals surface area (Å²) >= 11 is 19.0. The topological polar surface area (TPSA) is 0 Å². The van der Waals surface area contributed by atoms with Crippen LogP contribution in [0.25, 0.3) is 0 Å². The average Bonchev–Trinajstić information content (AvgIpc) is 2.64. The Hall–Kier alpha value is -0.280. The molecular weight excluding hydrogens is 290 g/mol. The third-order valence-corrected chi connectivity index (χ3v) is 4.21. The molecule has 1 atom stereocenters. The summed E-state index contributed by atoms with van der Waals surface area (Å²) in [5, 5.41) is -0.177. The molecule has 0 aliphatic heterocycles. The number of benzene rings is 1. The van der Waals surface area contributed by atoms with Crippen molar-refractivity contribution in [3.63, 3.8) is 0 Å². The van der Waals surface area contributed by atoms with Crippen molar-refractivity contribution in [1.29, 1.82) is 0 Å². The predicted molar refractivity (Wildman–Crippen MR) is 68.4 cm³/mol. The lowest BCUT2D eigenvalue weighted by molar-refractivity contribution is 0.613. The fourth-order valence-electron chi connectivity index (χ4n) is 1.32. The average molecular weight is 296 g/mol. The zero-order valence-electron chi connectivity index (χ0n) is 7.88. The van der Waals surface area contributed by atoms with Crippen LogP contribution in [0.1, 0.15) is 15.8 Å². The Labute approximate surface area is 112 Å². The molecule has 1 unspecified atom stereocenters. The van der Waals surface area contributed by atoms with Crippen LogP contribution in [-0.4, -0.2) is 0 Å². The highest BCUT2D eigenvalue weighted by molar-refractivity contribution is 7.16. The Morgan fingerprint density at radius 3 is 2.44 bits per heavy atom. The minimum Gasteiger partial charge on any atom is -0.207 e. The number of alkyl halides is 1. The van der Waals surface area contributed by atoms with E-state index in [1.54, 1.807) is 24.3 Å². The summed E-state index contributed by atoms with van der Waals surface area (Å²) in [5.41, 5.74) is 0.407. The third kappa shape index (κ3) is 2.51. The Balaban J connectivity index is 2.37. The van der Waals surface area contributed by atoms with Crippen molar-refractivity contribution in [1.82, 2.24) is 0 Å². The molecule has 1 aromatic heterocycles. The van der Waals surface area contributed by atoms with E-state index in [0.717, 1.165) is 4.88 Å². The first-order chi connectivity index (χ1) is 7.58. The van der Waals surface area contributed by atoms with Gasteiger partial charge in [-0.1, -0.05) is 29.3 Å². The standard InChI is InChI=1S/C11H6Cl3FS/c12-6-1-2-7(8(15)5-6)11(14)9-3-4-10(13)16-9/h1-5,11H. The molecule has 0 aliphatic carbocycles. The van der Waals surface area contributed by atoms with Gasteiger partial charge < -0.3 is 0 Å². The lowest BCUT2D eigenvalue weighted by Crippen LogP contribution is -1.94. The van der Waals surface area contributed by atoms with Crippen LogP contribution in [-0.2, 0) is 0 Å². The highest BCUT2D eigenvalue weighted by atomic mass is 35.5. The van der Waals surface area contributed by atoms with Crippen molar-refractivity contribution in [3.05, 3.63) is 55.9 Å². The first-order valence-electron chi connectivity index (χ1n) is 4.42. The first-order valence-corrected chi connectivity index (χ1v) is 6.43. The Kier molecular flexibility index (Phi) is 3.75. The van der Waals surface area contributed by atoms with Crippen molar-refractivity contribution < 1.29 is 4.39 Å². The zero-order valence-corrected chi connectivity index (χ0v) is 11.0. The van der Waals surface area contributed by atoms with Crippen LogP contribution in [0.4, 0.5) is 4.39 Å². The van der Waals surface area contributed by atoms with E-state index in [-0.39, 0.29) is 0 Å². The second-order valence-corrected chi connectivity index (χ2v) is 5.79. The van der Waals surface area contributed by atoms with E-state index in [1.807, 2.05) is 0 Å². The predicted octanol–water partition coefficient (Wildman–Crippen LogP) is 5.52. The van der Waals surface area contributed by atoms with E-state index < -0.39 is 11.2 Å². The van der Waals surface area contributed by atoms with Gasteiger partial charge in [0.05, 0.1) is 9.71 Å². The van der Waals surface area contributed by atoms with Crippen LogP contribution in [0.3, 0.4) is 0 Å². The molecule has 84 valence electrons. The molecule has 0 saturated heterocycles. The Bertz CT molecular complexity index is 510. The van der Waals surface area contributed by atoms with Gasteiger partial charge in [-0.3, -0.25) is 0 Å². The highest BCUT2D eigenvalue weighted by Crippen LogP contribution is 2.36. The maximum Gasteiger partial charge on any atom is 0.129 e. The van der Waals surface area contributed by atoms with Gasteiger partial charge in [0.2, 0.25) is 0 Å². The van der Waals surface area contributed by atoms with Crippen LogP contribution >= 0.6 is 46.1 Å². The molecule has 0 bridgehead atoms. The fourth-order valence-corrected chi connectivity index (χ4v) is 2.92. The molecule has 0 aliphatic rings. The van der Waals surface area contributed by atoms with Gasteiger partial charge >= 0.3 is 0 Å². The largest absolute Gasteiger partial charge is 0.207 e. The molecule has 0 spiro atoms. The molecule has 5 heteroatoms. The van der Waals surface area contributed by atoms with Gasteiger partial charge in [-0.25, -0.2) is 4.39 Å². The van der Waals surface area contributed by atoms with Gasteiger partial charge in [0.15, 0.2) is 0 Å². The van der Waals surface area contributed by atoms with E-state index in [9.17, 15) is 4.39 Å². The van der Waals surface area contributed by atoms with Crippen LogP contribution in [0.5, 0.6) is 0 Å². The van der Waals surface area contributed by atoms with Gasteiger partial charge in [0, 0.05) is 15.5 Å². The summed E-state index contributed by atoms with van der Waals surface area (Å²) in [7, 11) is 0. The summed E-state index contributed by atoms with van der Waals surface area (Å²) in [4.78, 5) is 0.813. The summed E-state index contributed by atoms with van der Waals surface area (Å²) in [6, 6.07) is 7.98. The van der Waals surface area contributed by atoms with Crippen LogP contribution in [0.15, 0.2) is 30.3 Å². The molecule has 2 aromatic rings. The quantitative estimate of drug-likeness (QED) is 0.640. The molecule has 0 radical (unpaired) electrons. The summed E-state index contributed by atoms with van der Waals surface area (Å²) < 4.78 is 14.2. The van der Waals surface area contributed by atoms with E-state index in [4.69, 9.17) is 34.8 Å². The summed E-state index contributed by atoms with van der Waals surface area (Å²) in [6.45, 7) is 0. The molecule has 0 fully saturated rings. The molecule has 1 aromatic carbocycles. The monoisotopic (exact) mass is 294 g/mol. The van der Waals surface area contributed by atoms with E-state index in [2.05, 4.69) is 0 Å².